The van der Waals surface area contributed by atoms with Crippen LogP contribution in [0.4, 0.5) is 10.1 Å². The summed E-state index contributed by atoms with van der Waals surface area (Å²) in [6.45, 7) is 0.712. The molecule has 2 heterocycles. The van der Waals surface area contributed by atoms with Crippen molar-refractivity contribution in [3.63, 3.8) is 0 Å². The van der Waals surface area contributed by atoms with Gasteiger partial charge in [-0.2, -0.15) is 0 Å². The van der Waals surface area contributed by atoms with Gasteiger partial charge in [0.25, 0.3) is 0 Å². The molecule has 2 aromatic carbocycles. The van der Waals surface area contributed by atoms with Gasteiger partial charge in [-0.25, -0.2) is 4.39 Å². The molecule has 1 fully saturated rings. The molecule has 21 heavy (non-hydrogen) atoms. The van der Waals surface area contributed by atoms with Crippen LogP contribution in [0.1, 0.15) is 29.7 Å². The van der Waals surface area contributed by atoms with Gasteiger partial charge < -0.3 is 10.1 Å². The molecule has 1 saturated heterocycles. The lowest BCUT2D eigenvalue weighted by atomic mass is 9.81. The Morgan fingerprint density at radius 1 is 1.19 bits per heavy atom. The maximum atomic E-state index is 13.8. The van der Waals surface area contributed by atoms with Crippen molar-refractivity contribution in [3.05, 3.63) is 64.4 Å². The number of hydrogen-bond acceptors (Lipinski definition) is 2. The van der Waals surface area contributed by atoms with Crippen molar-refractivity contribution < 1.29 is 9.13 Å². The highest BCUT2D eigenvalue weighted by atomic mass is 35.5. The number of anilines is 1. The van der Waals surface area contributed by atoms with Gasteiger partial charge in [0.2, 0.25) is 0 Å². The van der Waals surface area contributed by atoms with Crippen molar-refractivity contribution in [2.24, 2.45) is 5.92 Å². The Labute approximate surface area is 127 Å². The second-order valence-electron chi connectivity index (χ2n) is 5.63. The first kappa shape index (κ1) is 13.1. The minimum atomic E-state index is -0.385. The standard InChI is InChI=1S/C17H15ClFNO/c18-13-9-15-12(8-14(13)19)17-11(6-7-21-17)16(20-15)10-4-2-1-3-5-10/h1-5,8-9,11,16-17,20H,6-7H2/t11-,16+,17-/m0/s1. The molecule has 0 spiro atoms. The van der Waals surface area contributed by atoms with E-state index in [4.69, 9.17) is 16.3 Å². The Morgan fingerprint density at radius 2 is 2.00 bits per heavy atom. The van der Waals surface area contributed by atoms with Gasteiger partial charge in [-0.15, -0.1) is 0 Å². The quantitative estimate of drug-likeness (QED) is 0.823. The molecule has 4 heteroatoms. The molecular weight excluding hydrogens is 289 g/mol. The molecule has 2 aliphatic rings. The van der Waals surface area contributed by atoms with Crippen LogP contribution in [-0.2, 0) is 4.74 Å². The summed E-state index contributed by atoms with van der Waals surface area (Å²) in [5.74, 6) is -0.0647. The molecule has 2 nitrogen and oxygen atoms in total. The third-order valence-electron chi connectivity index (χ3n) is 4.43. The van der Waals surface area contributed by atoms with Crippen molar-refractivity contribution in [1.82, 2.24) is 0 Å². The maximum Gasteiger partial charge on any atom is 0.142 e. The van der Waals surface area contributed by atoms with Crippen LogP contribution in [0, 0.1) is 11.7 Å². The topological polar surface area (TPSA) is 21.3 Å². The lowest BCUT2D eigenvalue weighted by Gasteiger charge is -2.36. The number of fused-ring (bicyclic) bond motifs is 3. The Morgan fingerprint density at radius 3 is 2.81 bits per heavy atom. The third kappa shape index (κ3) is 2.12. The van der Waals surface area contributed by atoms with Gasteiger partial charge in [0, 0.05) is 23.8 Å². The zero-order valence-electron chi connectivity index (χ0n) is 11.4. The number of nitrogens with one attached hydrogen (secondary N) is 1. The van der Waals surface area contributed by atoms with Gasteiger partial charge in [-0.05, 0) is 24.1 Å². The Kier molecular flexibility index (Phi) is 3.12. The number of hydrogen-bond donors (Lipinski definition) is 1. The van der Waals surface area contributed by atoms with Crippen LogP contribution in [0.5, 0.6) is 0 Å². The third-order valence-corrected chi connectivity index (χ3v) is 4.72. The van der Waals surface area contributed by atoms with Gasteiger partial charge in [-0.3, -0.25) is 0 Å². The Balaban J connectivity index is 1.81. The molecular formula is C17H15ClFNO. The fourth-order valence-corrected chi connectivity index (χ4v) is 3.62. The van der Waals surface area contributed by atoms with E-state index >= 15 is 0 Å². The SMILES string of the molecule is Fc1cc2c(cc1Cl)N[C@H](c1ccccc1)[C@@H]1CCO[C@H]21. The number of ether oxygens (including phenoxy) is 1. The summed E-state index contributed by atoms with van der Waals surface area (Å²) in [6.07, 6.45) is 0.916. The van der Waals surface area contributed by atoms with E-state index < -0.39 is 0 Å². The van der Waals surface area contributed by atoms with Gasteiger partial charge in [0.1, 0.15) is 5.82 Å². The molecule has 2 aliphatic heterocycles. The number of rotatable bonds is 1. The van der Waals surface area contributed by atoms with Crippen molar-refractivity contribution in [2.75, 3.05) is 11.9 Å². The molecule has 0 bridgehead atoms. The lowest BCUT2D eigenvalue weighted by molar-refractivity contribution is 0.0826. The van der Waals surface area contributed by atoms with Crippen molar-refractivity contribution in [3.8, 4) is 0 Å². The van der Waals surface area contributed by atoms with E-state index in [1.165, 1.54) is 11.6 Å². The zero-order chi connectivity index (χ0) is 14.4. The molecule has 0 amide bonds. The Bertz CT molecular complexity index is 676. The predicted octanol–water partition coefficient (Wildman–Crippen LogP) is 4.72. The smallest absolute Gasteiger partial charge is 0.142 e. The van der Waals surface area contributed by atoms with Crippen LogP contribution < -0.4 is 5.32 Å². The Hall–Kier alpha value is -1.58. The highest BCUT2D eigenvalue weighted by Crippen LogP contribution is 2.50. The molecule has 0 aromatic heterocycles. The fraction of sp³-hybridized carbons (Fsp3) is 0.294. The maximum absolute atomic E-state index is 13.8. The van der Waals surface area contributed by atoms with E-state index in [-0.39, 0.29) is 23.0 Å². The minimum Gasteiger partial charge on any atom is -0.377 e. The largest absolute Gasteiger partial charge is 0.377 e. The average Bonchev–Trinajstić information content (AvgIpc) is 2.99. The molecule has 0 unspecified atom stereocenters. The van der Waals surface area contributed by atoms with Crippen LogP contribution in [0.3, 0.4) is 0 Å². The van der Waals surface area contributed by atoms with E-state index in [0.29, 0.717) is 12.5 Å². The average molecular weight is 304 g/mol. The molecule has 4 rings (SSSR count). The van der Waals surface area contributed by atoms with E-state index in [0.717, 1.165) is 17.7 Å². The summed E-state index contributed by atoms with van der Waals surface area (Å²) in [5, 5.41) is 3.66. The first-order chi connectivity index (χ1) is 10.2. The predicted molar refractivity (Wildman–Crippen MR) is 81.0 cm³/mol. The zero-order valence-corrected chi connectivity index (χ0v) is 12.1. The number of benzene rings is 2. The molecule has 108 valence electrons. The summed E-state index contributed by atoms with van der Waals surface area (Å²) < 4.78 is 19.6. The lowest BCUT2D eigenvalue weighted by Crippen LogP contribution is -2.29. The van der Waals surface area contributed by atoms with Gasteiger partial charge in [0.05, 0.1) is 17.2 Å². The number of halogens is 2. The monoisotopic (exact) mass is 303 g/mol. The molecule has 0 aliphatic carbocycles. The van der Waals surface area contributed by atoms with Gasteiger partial charge in [0.15, 0.2) is 0 Å². The highest BCUT2D eigenvalue weighted by Gasteiger charge is 2.41. The van der Waals surface area contributed by atoms with Crippen molar-refractivity contribution >= 4 is 17.3 Å². The van der Waals surface area contributed by atoms with E-state index in [1.54, 1.807) is 6.07 Å². The molecule has 0 saturated carbocycles. The van der Waals surface area contributed by atoms with Crippen LogP contribution in [0.25, 0.3) is 0 Å². The second kappa shape index (κ2) is 5.00. The molecule has 2 aromatic rings. The molecule has 3 atom stereocenters. The van der Waals surface area contributed by atoms with Crippen LogP contribution >= 0.6 is 11.6 Å². The molecule has 0 radical (unpaired) electrons. The van der Waals surface area contributed by atoms with E-state index in [1.807, 2.05) is 18.2 Å². The molecule has 1 N–H and O–H groups in total. The summed E-state index contributed by atoms with van der Waals surface area (Å²) in [4.78, 5) is 0. The minimum absolute atomic E-state index is 0.0572. The van der Waals surface area contributed by atoms with E-state index in [2.05, 4.69) is 17.4 Å². The van der Waals surface area contributed by atoms with Crippen LogP contribution in [0.15, 0.2) is 42.5 Å². The normalized spacial score (nSPS) is 26.9. The van der Waals surface area contributed by atoms with Gasteiger partial charge in [-0.1, -0.05) is 41.9 Å². The second-order valence-corrected chi connectivity index (χ2v) is 6.04. The van der Waals surface area contributed by atoms with E-state index in [9.17, 15) is 4.39 Å². The summed E-state index contributed by atoms with van der Waals surface area (Å²) in [5.41, 5.74) is 2.98. The van der Waals surface area contributed by atoms with Gasteiger partial charge >= 0.3 is 0 Å². The van der Waals surface area contributed by atoms with Crippen molar-refractivity contribution in [1.29, 1.82) is 0 Å². The first-order valence-corrected chi connectivity index (χ1v) is 7.54. The van der Waals surface area contributed by atoms with Crippen LogP contribution in [0.2, 0.25) is 5.02 Å². The van der Waals surface area contributed by atoms with Crippen molar-refractivity contribution in [2.45, 2.75) is 18.6 Å². The summed E-state index contributed by atoms with van der Waals surface area (Å²) >= 11 is 5.93. The summed E-state index contributed by atoms with van der Waals surface area (Å²) in [6, 6.07) is 13.7. The fourth-order valence-electron chi connectivity index (χ4n) is 3.46. The highest BCUT2D eigenvalue weighted by molar-refractivity contribution is 6.31. The van der Waals surface area contributed by atoms with Crippen LogP contribution in [-0.4, -0.2) is 6.61 Å². The summed E-state index contributed by atoms with van der Waals surface area (Å²) in [7, 11) is 0. The first-order valence-electron chi connectivity index (χ1n) is 7.16.